The van der Waals surface area contributed by atoms with Crippen molar-refractivity contribution in [3.05, 3.63) is 82.1 Å². The predicted octanol–water partition coefficient (Wildman–Crippen LogP) is 5.59. The van der Waals surface area contributed by atoms with E-state index in [1.54, 1.807) is 12.1 Å². The molecule has 0 saturated heterocycles. The van der Waals surface area contributed by atoms with Crippen molar-refractivity contribution in [2.24, 2.45) is 16.9 Å². The third-order valence-corrected chi connectivity index (χ3v) is 6.81. The summed E-state index contributed by atoms with van der Waals surface area (Å²) in [7, 11) is 1.32. The van der Waals surface area contributed by atoms with Crippen LogP contribution in [0.15, 0.2) is 54.6 Å². The van der Waals surface area contributed by atoms with E-state index in [2.05, 4.69) is 0 Å². The molecule has 2 atom stereocenters. The van der Waals surface area contributed by atoms with Gasteiger partial charge in [-0.15, -0.1) is 0 Å². The van der Waals surface area contributed by atoms with E-state index in [0.717, 1.165) is 5.56 Å². The van der Waals surface area contributed by atoms with Crippen LogP contribution in [0.3, 0.4) is 0 Å². The van der Waals surface area contributed by atoms with Crippen LogP contribution >= 0.6 is 11.6 Å². The molecule has 0 saturated carbocycles. The molecule has 9 heteroatoms. The second kappa shape index (κ2) is 9.59. The van der Waals surface area contributed by atoms with Crippen molar-refractivity contribution >= 4 is 23.6 Å². The van der Waals surface area contributed by atoms with Crippen LogP contribution in [0.5, 0.6) is 11.5 Å². The molecule has 1 aliphatic heterocycles. The van der Waals surface area contributed by atoms with Crippen LogP contribution in [-0.2, 0) is 16.8 Å². The Morgan fingerprint density at radius 1 is 1.05 bits per heavy atom. The molecule has 4 N–H and O–H groups in total. The van der Waals surface area contributed by atoms with Gasteiger partial charge in [-0.3, -0.25) is 4.79 Å². The number of primary amides is 2. The van der Waals surface area contributed by atoms with Gasteiger partial charge in [-0.05, 0) is 29.8 Å². The molecule has 0 spiro atoms. The number of hydrogen-bond donors (Lipinski definition) is 2. The molecule has 0 fully saturated rings. The Morgan fingerprint density at radius 2 is 1.73 bits per heavy atom. The van der Waals surface area contributed by atoms with Crippen LogP contribution in [0.1, 0.15) is 42.3 Å². The lowest BCUT2D eigenvalue weighted by molar-refractivity contribution is -0.100. The number of hydrogen-bond acceptors (Lipinski definition) is 5. The highest BCUT2D eigenvalue weighted by Gasteiger charge is 2.55. The number of ether oxygens (including phenoxy) is 3. The standard InChI is InChI=1S/C28H28ClFN2O5/c1-27(2,3)25(36-26(32)34)28(15-8-6-5-7-9-15)14-17-19(37-28)13-11-18(29)21(17)22-16(24(31)33)10-12-20(35-4)23(22)30/h5-13,25H,14H2,1-4H3,(H2,31,33)(H2,32,34)/t25-,28-/m0/s1. The average Bonchev–Trinajstić information content (AvgIpc) is 3.23. The van der Waals surface area contributed by atoms with Crippen molar-refractivity contribution in [2.75, 3.05) is 7.11 Å². The summed E-state index contributed by atoms with van der Waals surface area (Å²) in [4.78, 5) is 24.4. The first kappa shape index (κ1) is 26.3. The summed E-state index contributed by atoms with van der Waals surface area (Å²) in [5.41, 5.74) is 10.6. The zero-order valence-corrected chi connectivity index (χ0v) is 21.7. The van der Waals surface area contributed by atoms with E-state index in [0.29, 0.717) is 11.3 Å². The highest BCUT2D eigenvalue weighted by atomic mass is 35.5. The second-order valence-corrected chi connectivity index (χ2v) is 10.4. The summed E-state index contributed by atoms with van der Waals surface area (Å²) < 4.78 is 33.2. The summed E-state index contributed by atoms with van der Waals surface area (Å²) in [6.07, 6.45) is -1.68. The Labute approximate surface area is 219 Å². The molecule has 7 nitrogen and oxygen atoms in total. The smallest absolute Gasteiger partial charge is 0.404 e. The van der Waals surface area contributed by atoms with Gasteiger partial charge in [0.15, 0.2) is 23.3 Å². The largest absolute Gasteiger partial charge is 0.494 e. The number of amides is 2. The number of benzene rings is 3. The van der Waals surface area contributed by atoms with Crippen LogP contribution in [-0.4, -0.2) is 25.2 Å². The molecule has 0 aliphatic carbocycles. The van der Waals surface area contributed by atoms with Gasteiger partial charge in [0.05, 0.1) is 12.7 Å². The van der Waals surface area contributed by atoms with E-state index in [-0.39, 0.29) is 33.9 Å². The van der Waals surface area contributed by atoms with Gasteiger partial charge in [0, 0.05) is 33.5 Å². The minimum Gasteiger partial charge on any atom is -0.494 e. The summed E-state index contributed by atoms with van der Waals surface area (Å²) in [6.45, 7) is 5.70. The van der Waals surface area contributed by atoms with Crippen molar-refractivity contribution in [3.63, 3.8) is 0 Å². The maximum absolute atomic E-state index is 15.7. The number of rotatable bonds is 6. The molecule has 194 valence electrons. The van der Waals surface area contributed by atoms with Crippen molar-refractivity contribution < 1.29 is 28.2 Å². The van der Waals surface area contributed by atoms with Gasteiger partial charge >= 0.3 is 6.09 Å². The first-order valence-electron chi connectivity index (χ1n) is 11.6. The molecule has 1 aliphatic rings. The molecule has 0 bridgehead atoms. The maximum Gasteiger partial charge on any atom is 0.404 e. The van der Waals surface area contributed by atoms with Crippen molar-refractivity contribution in [1.82, 2.24) is 0 Å². The number of halogens is 2. The fourth-order valence-corrected chi connectivity index (χ4v) is 5.34. The highest BCUT2D eigenvalue weighted by molar-refractivity contribution is 6.34. The van der Waals surface area contributed by atoms with Gasteiger partial charge in [0.25, 0.3) is 0 Å². The van der Waals surface area contributed by atoms with Crippen LogP contribution in [0.25, 0.3) is 11.1 Å². The van der Waals surface area contributed by atoms with Gasteiger partial charge in [-0.1, -0.05) is 62.7 Å². The Bertz CT molecular complexity index is 1370. The Hall–Kier alpha value is -3.78. The molecule has 1 heterocycles. The number of fused-ring (bicyclic) bond motifs is 1. The van der Waals surface area contributed by atoms with E-state index in [1.165, 1.54) is 19.2 Å². The Balaban J connectivity index is 2.02. The number of nitrogens with two attached hydrogens (primary N) is 2. The topological polar surface area (TPSA) is 114 Å². The van der Waals surface area contributed by atoms with Crippen LogP contribution in [0.4, 0.5) is 9.18 Å². The molecule has 0 radical (unpaired) electrons. The monoisotopic (exact) mass is 526 g/mol. The van der Waals surface area contributed by atoms with Crippen LogP contribution in [0.2, 0.25) is 5.02 Å². The van der Waals surface area contributed by atoms with Gasteiger partial charge in [0.2, 0.25) is 5.91 Å². The quantitative estimate of drug-likeness (QED) is 0.434. The Morgan fingerprint density at radius 3 is 2.30 bits per heavy atom. The molecule has 37 heavy (non-hydrogen) atoms. The van der Waals surface area contributed by atoms with Crippen molar-refractivity contribution in [3.8, 4) is 22.6 Å². The van der Waals surface area contributed by atoms with Crippen LogP contribution in [0, 0.1) is 11.2 Å². The summed E-state index contributed by atoms with van der Waals surface area (Å²) in [5, 5.41) is 0.184. The second-order valence-electron chi connectivity index (χ2n) is 9.98. The molecular formula is C28H28ClFN2O5. The Kier molecular flexibility index (Phi) is 6.81. The lowest BCUT2D eigenvalue weighted by atomic mass is 9.72. The maximum atomic E-state index is 15.7. The predicted molar refractivity (Wildman–Crippen MR) is 138 cm³/mol. The fraction of sp³-hybridized carbons (Fsp3) is 0.286. The van der Waals surface area contributed by atoms with Gasteiger partial charge in [-0.2, -0.15) is 0 Å². The number of methoxy groups -OCH3 is 1. The normalized spacial score (nSPS) is 17.5. The van der Waals surface area contributed by atoms with Crippen LogP contribution < -0.4 is 20.9 Å². The van der Waals surface area contributed by atoms with Crippen molar-refractivity contribution in [2.45, 2.75) is 38.9 Å². The van der Waals surface area contributed by atoms with E-state index in [9.17, 15) is 9.59 Å². The number of carbonyl (C=O) groups excluding carboxylic acids is 2. The minimum atomic E-state index is -1.24. The van der Waals surface area contributed by atoms with E-state index >= 15 is 4.39 Å². The zero-order valence-electron chi connectivity index (χ0n) is 20.9. The SMILES string of the molecule is COc1ccc(C(N)=O)c(-c2c(Cl)ccc3c2C[C@](c2ccccc2)([C@@H](OC(N)=O)C(C)(C)C)O3)c1F. The first-order chi connectivity index (χ1) is 17.4. The lowest BCUT2D eigenvalue weighted by Gasteiger charge is -2.43. The van der Waals surface area contributed by atoms with Gasteiger partial charge < -0.3 is 25.7 Å². The summed E-state index contributed by atoms with van der Waals surface area (Å²) in [5.74, 6) is -1.30. The summed E-state index contributed by atoms with van der Waals surface area (Å²) in [6, 6.07) is 15.2. The van der Waals surface area contributed by atoms with Gasteiger partial charge in [-0.25, -0.2) is 9.18 Å². The molecule has 3 aromatic carbocycles. The molecule has 0 unspecified atom stereocenters. The molecule has 4 rings (SSSR count). The third-order valence-electron chi connectivity index (χ3n) is 6.50. The van der Waals surface area contributed by atoms with Crippen molar-refractivity contribution in [1.29, 1.82) is 0 Å². The van der Waals surface area contributed by atoms with E-state index in [4.69, 9.17) is 37.3 Å². The van der Waals surface area contributed by atoms with E-state index < -0.39 is 34.9 Å². The molecule has 2 amide bonds. The lowest BCUT2D eigenvalue weighted by Crippen LogP contribution is -2.53. The molecular weight excluding hydrogens is 499 g/mol. The fourth-order valence-electron chi connectivity index (χ4n) is 5.07. The van der Waals surface area contributed by atoms with Gasteiger partial charge in [0.1, 0.15) is 5.75 Å². The minimum absolute atomic E-state index is 0.0634. The zero-order chi connectivity index (χ0) is 27.1. The molecule has 3 aromatic rings. The number of carbonyl (C=O) groups is 2. The third kappa shape index (κ3) is 4.57. The average molecular weight is 527 g/mol. The van der Waals surface area contributed by atoms with E-state index in [1.807, 2.05) is 51.1 Å². The highest BCUT2D eigenvalue weighted by Crippen LogP contribution is 2.53. The molecule has 0 aromatic heterocycles. The first-order valence-corrected chi connectivity index (χ1v) is 12.0. The summed E-state index contributed by atoms with van der Waals surface area (Å²) >= 11 is 6.66.